The number of aromatic hydroxyl groups is 1. The van der Waals surface area contributed by atoms with Gasteiger partial charge in [0, 0.05) is 51.0 Å². The zero-order valence-electron chi connectivity index (χ0n) is 36.2. The Balaban J connectivity index is 1.00. The summed E-state index contributed by atoms with van der Waals surface area (Å²) in [7, 11) is 7.85. The van der Waals surface area contributed by atoms with Gasteiger partial charge in [-0.05, 0) is 129 Å². The first-order chi connectivity index (χ1) is 30.9. The monoisotopic (exact) mass is 856 g/mol. The number of nitrogens with zero attached hydrogens (tertiary/aromatic N) is 8. The molecule has 0 radical (unpaired) electrons. The smallest absolute Gasteiger partial charge is 0.238 e. The SMILES string of the molecule is CCOc1cccc(C2C3=CCC4C(=O)N(c5ccc(N=Nc6ccc(N(C)C)cc6)cc5)C(=O)C4C3CC3C(=O)N(c4ccc(N=Nc5ccc(N(C)C)cc5)cc4)C(=O)C32)c1O. The number of rotatable bonds is 11. The molecule has 2 aliphatic heterocycles. The number of ether oxygens (including phenoxy) is 1. The number of phenols is 1. The number of benzene rings is 5. The van der Waals surface area contributed by atoms with Crippen LogP contribution in [0.1, 0.15) is 31.2 Å². The van der Waals surface area contributed by atoms with E-state index < -0.39 is 47.3 Å². The lowest BCUT2D eigenvalue weighted by molar-refractivity contribution is -0.126. The molecule has 6 atom stereocenters. The zero-order chi connectivity index (χ0) is 44.8. The molecule has 0 aromatic heterocycles. The van der Waals surface area contributed by atoms with E-state index in [-0.39, 0.29) is 36.2 Å². The number of amides is 4. The quantitative estimate of drug-likeness (QED) is 0.0781. The van der Waals surface area contributed by atoms with Gasteiger partial charge in [-0.2, -0.15) is 20.5 Å². The molecule has 2 saturated heterocycles. The standard InChI is InChI=1S/C50H48N8O6/c1-6-64-42-9-7-8-38(46(42)59)43-37-26-27-39-44(49(62)57(47(39)60)35-22-14-31(15-23-35)53-51-29-10-18-33(19-11-29)55(2)3)40(37)28-41-45(43)50(63)58(48(41)61)36-24-16-32(17-25-36)54-52-30-12-20-34(21-13-30)56(4)5/h7-26,39-41,43-45,59H,6,27-28H2,1-5H3. The summed E-state index contributed by atoms with van der Waals surface area (Å²) in [6.07, 6.45) is 2.40. The second-order valence-corrected chi connectivity index (χ2v) is 16.9. The summed E-state index contributed by atoms with van der Waals surface area (Å²) < 4.78 is 5.78. The Hall–Kier alpha value is -7.48. The minimum Gasteiger partial charge on any atom is -0.504 e. The van der Waals surface area contributed by atoms with Crippen molar-refractivity contribution < 1.29 is 29.0 Å². The van der Waals surface area contributed by atoms with Gasteiger partial charge in [0.25, 0.3) is 0 Å². The largest absolute Gasteiger partial charge is 0.504 e. The van der Waals surface area contributed by atoms with E-state index in [0.717, 1.165) is 16.9 Å². The number of anilines is 4. The van der Waals surface area contributed by atoms with E-state index in [9.17, 15) is 24.3 Å². The number of hydrogen-bond acceptors (Lipinski definition) is 12. The normalized spacial score (nSPS) is 22.8. The number of imide groups is 2. The first-order valence-electron chi connectivity index (χ1n) is 21.4. The molecule has 2 aliphatic carbocycles. The number of carbonyl (C=O) groups excluding carboxylic acids is 4. The van der Waals surface area contributed by atoms with Gasteiger partial charge in [-0.3, -0.25) is 29.0 Å². The van der Waals surface area contributed by atoms with Crippen molar-refractivity contribution in [2.45, 2.75) is 25.7 Å². The van der Waals surface area contributed by atoms with Crippen molar-refractivity contribution in [3.63, 3.8) is 0 Å². The number of para-hydroxylation sites is 1. The van der Waals surface area contributed by atoms with Crippen molar-refractivity contribution in [2.24, 2.45) is 50.0 Å². The lowest BCUT2D eigenvalue weighted by atomic mass is 9.57. The number of fused-ring (bicyclic) bond motifs is 4. The summed E-state index contributed by atoms with van der Waals surface area (Å²) in [5, 5.41) is 29.1. The molecule has 5 aromatic rings. The Bertz CT molecular complexity index is 2710. The van der Waals surface area contributed by atoms with Crippen LogP contribution < -0.4 is 24.3 Å². The molecule has 14 nitrogen and oxygen atoms in total. The number of azo groups is 2. The van der Waals surface area contributed by atoms with Crippen molar-refractivity contribution in [3.05, 3.63) is 132 Å². The van der Waals surface area contributed by atoms with Gasteiger partial charge in [-0.15, -0.1) is 0 Å². The Labute approximate surface area is 371 Å². The van der Waals surface area contributed by atoms with Crippen LogP contribution in [0.3, 0.4) is 0 Å². The van der Waals surface area contributed by atoms with Crippen LogP contribution in [0.2, 0.25) is 0 Å². The van der Waals surface area contributed by atoms with Crippen LogP contribution in [0.4, 0.5) is 45.5 Å². The van der Waals surface area contributed by atoms with Gasteiger partial charge in [0.15, 0.2) is 11.5 Å². The number of phenolic OH excluding ortho intramolecular Hbond substituents is 1. The molecule has 0 spiro atoms. The first kappa shape index (κ1) is 41.9. The third-order valence-corrected chi connectivity index (χ3v) is 12.8. The minimum atomic E-state index is -0.880. The Kier molecular flexibility index (Phi) is 11.1. The molecule has 6 unspecified atom stereocenters. The molecule has 2 heterocycles. The molecule has 324 valence electrons. The van der Waals surface area contributed by atoms with Gasteiger partial charge in [0.2, 0.25) is 23.6 Å². The van der Waals surface area contributed by atoms with Crippen molar-refractivity contribution in [3.8, 4) is 11.5 Å². The van der Waals surface area contributed by atoms with Crippen molar-refractivity contribution in [1.29, 1.82) is 0 Å². The summed E-state index contributed by atoms with van der Waals surface area (Å²) in [4.78, 5) is 64.7. The van der Waals surface area contributed by atoms with Crippen LogP contribution in [0, 0.1) is 29.6 Å². The van der Waals surface area contributed by atoms with Gasteiger partial charge >= 0.3 is 0 Å². The van der Waals surface area contributed by atoms with Gasteiger partial charge in [0.05, 0.1) is 64.4 Å². The van der Waals surface area contributed by atoms with E-state index in [2.05, 4.69) is 20.5 Å². The average molecular weight is 857 g/mol. The molecule has 0 bridgehead atoms. The minimum absolute atomic E-state index is 0.125. The molecule has 3 fully saturated rings. The molecular weight excluding hydrogens is 809 g/mol. The summed E-state index contributed by atoms with van der Waals surface area (Å²) >= 11 is 0. The topological polar surface area (TPSA) is 160 Å². The van der Waals surface area contributed by atoms with E-state index in [1.807, 2.05) is 99.5 Å². The molecule has 1 N–H and O–H groups in total. The second kappa shape index (κ2) is 17.0. The predicted molar refractivity (Wildman–Crippen MR) is 245 cm³/mol. The summed E-state index contributed by atoms with van der Waals surface area (Å²) in [5.74, 6) is -5.84. The highest BCUT2D eigenvalue weighted by molar-refractivity contribution is 6.24. The predicted octanol–water partition coefficient (Wildman–Crippen LogP) is 9.80. The maximum absolute atomic E-state index is 14.7. The first-order valence-corrected chi connectivity index (χ1v) is 21.4. The zero-order valence-corrected chi connectivity index (χ0v) is 36.2. The third-order valence-electron chi connectivity index (χ3n) is 12.8. The molecule has 5 aromatic carbocycles. The maximum Gasteiger partial charge on any atom is 0.238 e. The average Bonchev–Trinajstić information content (AvgIpc) is 3.71. The van der Waals surface area contributed by atoms with E-state index in [0.29, 0.717) is 46.3 Å². The third kappa shape index (κ3) is 7.48. The van der Waals surface area contributed by atoms with Gasteiger partial charge < -0.3 is 19.6 Å². The summed E-state index contributed by atoms with van der Waals surface area (Å²) in [6, 6.07) is 34.0. The number of carbonyl (C=O) groups is 4. The lowest BCUT2D eigenvalue weighted by Gasteiger charge is -2.44. The fraction of sp³-hybridized carbons (Fsp3) is 0.280. The van der Waals surface area contributed by atoms with E-state index in [1.165, 1.54) is 9.80 Å². The molecular formula is C50H48N8O6. The highest BCUT2D eigenvalue weighted by atomic mass is 16.5. The van der Waals surface area contributed by atoms with Crippen LogP contribution in [0.25, 0.3) is 0 Å². The maximum atomic E-state index is 14.7. The van der Waals surface area contributed by atoms with E-state index >= 15 is 0 Å². The molecule has 14 heteroatoms. The van der Waals surface area contributed by atoms with Crippen LogP contribution >= 0.6 is 0 Å². The van der Waals surface area contributed by atoms with Gasteiger partial charge in [0.1, 0.15) is 0 Å². The van der Waals surface area contributed by atoms with Crippen molar-refractivity contribution >= 4 is 69.1 Å². The highest BCUT2D eigenvalue weighted by Crippen LogP contribution is 2.60. The Morgan fingerprint density at radius 3 is 1.50 bits per heavy atom. The Morgan fingerprint density at radius 1 is 0.578 bits per heavy atom. The van der Waals surface area contributed by atoms with E-state index in [4.69, 9.17) is 4.74 Å². The van der Waals surface area contributed by atoms with Gasteiger partial charge in [-0.25, -0.2) is 0 Å². The molecule has 64 heavy (non-hydrogen) atoms. The van der Waals surface area contributed by atoms with Crippen LogP contribution in [-0.4, -0.2) is 63.5 Å². The molecule has 1 saturated carbocycles. The summed E-state index contributed by atoms with van der Waals surface area (Å²) in [5.41, 5.74) is 6.51. The second-order valence-electron chi connectivity index (χ2n) is 16.9. The van der Waals surface area contributed by atoms with Crippen LogP contribution in [0.15, 0.2) is 147 Å². The fourth-order valence-electron chi connectivity index (χ4n) is 9.71. The van der Waals surface area contributed by atoms with Crippen molar-refractivity contribution in [1.82, 2.24) is 0 Å². The summed E-state index contributed by atoms with van der Waals surface area (Å²) in [6.45, 7) is 2.11. The number of hydrogen-bond donors (Lipinski definition) is 1. The van der Waals surface area contributed by atoms with Crippen molar-refractivity contribution in [2.75, 3.05) is 54.4 Å². The molecule has 9 rings (SSSR count). The van der Waals surface area contributed by atoms with Crippen LogP contribution in [0.5, 0.6) is 11.5 Å². The van der Waals surface area contributed by atoms with E-state index in [1.54, 1.807) is 66.7 Å². The lowest BCUT2D eigenvalue weighted by Crippen LogP contribution is -2.43. The van der Waals surface area contributed by atoms with Gasteiger partial charge in [-0.1, -0.05) is 23.8 Å². The fourth-order valence-corrected chi connectivity index (χ4v) is 9.71. The highest BCUT2D eigenvalue weighted by Gasteiger charge is 2.62. The Morgan fingerprint density at radius 2 is 1.03 bits per heavy atom. The number of allylic oxidation sites excluding steroid dienone is 2. The van der Waals surface area contributed by atoms with Crippen LogP contribution in [-0.2, 0) is 19.2 Å². The molecule has 4 aliphatic rings. The molecule has 4 amide bonds.